The number of carbonyl (C=O) groups excluding carboxylic acids is 1. The monoisotopic (exact) mass is 410 g/mol. The van der Waals surface area contributed by atoms with Crippen LogP contribution in [0.15, 0.2) is 54.6 Å². The minimum absolute atomic E-state index is 0.00370. The number of aliphatic carboxylic acids is 1. The summed E-state index contributed by atoms with van der Waals surface area (Å²) in [5, 5.41) is 9.73. The molecule has 158 valence electrons. The molecule has 0 bridgehead atoms. The van der Waals surface area contributed by atoms with Gasteiger partial charge in [0, 0.05) is 38.0 Å². The summed E-state index contributed by atoms with van der Waals surface area (Å²) in [6.45, 7) is 2.28. The number of carboxylic acid groups (broad SMARTS) is 1. The van der Waals surface area contributed by atoms with Crippen molar-refractivity contribution < 1.29 is 24.2 Å². The molecule has 0 unspecified atom stereocenters. The number of nitrogens with zero attached hydrogens (tertiary/aromatic N) is 2. The van der Waals surface area contributed by atoms with Gasteiger partial charge in [-0.25, -0.2) is 4.79 Å². The molecule has 0 aromatic heterocycles. The van der Waals surface area contributed by atoms with Crippen LogP contribution in [0.4, 0.5) is 0 Å². The van der Waals surface area contributed by atoms with Crippen molar-refractivity contribution in [2.45, 2.75) is 31.2 Å². The van der Waals surface area contributed by atoms with Gasteiger partial charge < -0.3 is 14.6 Å². The number of methoxy groups -OCH3 is 1. The summed E-state index contributed by atoms with van der Waals surface area (Å²) in [6.07, 6.45) is 1.14. The third kappa shape index (κ3) is 3.91. The van der Waals surface area contributed by atoms with Gasteiger partial charge in [-0.15, -0.1) is 0 Å². The lowest BCUT2D eigenvalue weighted by Gasteiger charge is -2.44. The molecule has 1 N–H and O–H groups in total. The average Bonchev–Trinajstić information content (AvgIpc) is 3.15. The minimum Gasteiger partial charge on any atom is -0.497 e. The summed E-state index contributed by atoms with van der Waals surface area (Å²) in [6, 6.07) is 16.0. The van der Waals surface area contributed by atoms with E-state index >= 15 is 0 Å². The highest BCUT2D eigenvalue weighted by Gasteiger charge is 2.54. The van der Waals surface area contributed by atoms with Gasteiger partial charge in [0.1, 0.15) is 11.5 Å². The molecule has 7 heteroatoms. The maximum atomic E-state index is 13.4. The second-order valence-electron chi connectivity index (χ2n) is 7.78. The highest BCUT2D eigenvalue weighted by molar-refractivity contribution is 5.97. The molecule has 2 aliphatic rings. The largest absolute Gasteiger partial charge is 0.497 e. The third-order valence-electron chi connectivity index (χ3n) is 5.97. The van der Waals surface area contributed by atoms with Crippen LogP contribution in [0.2, 0.25) is 0 Å². The van der Waals surface area contributed by atoms with E-state index in [0.29, 0.717) is 24.2 Å². The van der Waals surface area contributed by atoms with Gasteiger partial charge in [-0.1, -0.05) is 36.4 Å². The van der Waals surface area contributed by atoms with Crippen LogP contribution in [0, 0.1) is 0 Å². The molecule has 0 radical (unpaired) electrons. The lowest BCUT2D eigenvalue weighted by atomic mass is 9.96. The first-order valence-electron chi connectivity index (χ1n) is 10.1. The van der Waals surface area contributed by atoms with Crippen molar-refractivity contribution >= 4 is 11.9 Å². The van der Waals surface area contributed by atoms with Crippen LogP contribution < -0.4 is 4.74 Å². The molecule has 2 aromatic rings. The summed E-state index contributed by atoms with van der Waals surface area (Å²) in [5.74, 6) is -0.829. The van der Waals surface area contributed by atoms with Crippen molar-refractivity contribution in [2.75, 3.05) is 26.8 Å². The standard InChI is InChI=1S/C23H26N2O5/c1-29-19-9-5-8-18(14-19)21(26)25-20(22(27)28)16-30-23(25)10-12-24(13-11-23)15-17-6-3-2-4-7-17/h2-9,14,20H,10-13,15-16H2,1H3,(H,27,28)/t20-/m0/s1. The van der Waals surface area contributed by atoms with Gasteiger partial charge in [0.05, 0.1) is 13.7 Å². The zero-order valence-electron chi connectivity index (χ0n) is 17.0. The molecule has 2 fully saturated rings. The summed E-state index contributed by atoms with van der Waals surface area (Å²) < 4.78 is 11.3. The van der Waals surface area contributed by atoms with Gasteiger partial charge in [0.15, 0.2) is 6.04 Å². The molecule has 0 saturated carbocycles. The van der Waals surface area contributed by atoms with Gasteiger partial charge in [0.25, 0.3) is 5.91 Å². The molecule has 2 aliphatic heterocycles. The van der Waals surface area contributed by atoms with Crippen molar-refractivity contribution in [3.8, 4) is 5.75 Å². The van der Waals surface area contributed by atoms with Gasteiger partial charge in [-0.3, -0.25) is 14.6 Å². The zero-order chi connectivity index (χ0) is 21.1. The predicted octanol–water partition coefficient (Wildman–Crippen LogP) is 2.61. The Hall–Kier alpha value is -2.90. The zero-order valence-corrected chi connectivity index (χ0v) is 17.0. The van der Waals surface area contributed by atoms with Crippen LogP contribution in [-0.2, 0) is 16.1 Å². The van der Waals surface area contributed by atoms with E-state index in [4.69, 9.17) is 9.47 Å². The number of benzene rings is 2. The molecule has 0 aliphatic carbocycles. The second-order valence-corrected chi connectivity index (χ2v) is 7.78. The molecular formula is C23H26N2O5. The van der Waals surface area contributed by atoms with E-state index in [-0.39, 0.29) is 12.5 Å². The first-order chi connectivity index (χ1) is 14.5. The number of hydrogen-bond acceptors (Lipinski definition) is 5. The maximum Gasteiger partial charge on any atom is 0.328 e. The highest BCUT2D eigenvalue weighted by Crippen LogP contribution is 2.39. The molecule has 30 heavy (non-hydrogen) atoms. The number of carbonyl (C=O) groups is 2. The van der Waals surface area contributed by atoms with Crippen molar-refractivity contribution in [3.05, 3.63) is 65.7 Å². The van der Waals surface area contributed by atoms with Gasteiger partial charge in [0.2, 0.25) is 0 Å². The van der Waals surface area contributed by atoms with Crippen LogP contribution in [0.5, 0.6) is 5.75 Å². The molecule has 1 spiro atoms. The Labute approximate surface area is 175 Å². The van der Waals surface area contributed by atoms with E-state index in [1.54, 1.807) is 24.3 Å². The summed E-state index contributed by atoms with van der Waals surface area (Å²) in [4.78, 5) is 29.0. The number of rotatable bonds is 5. The first-order valence-corrected chi connectivity index (χ1v) is 10.1. The molecule has 7 nitrogen and oxygen atoms in total. The fourth-order valence-electron chi connectivity index (χ4n) is 4.35. The molecule has 2 aromatic carbocycles. The summed E-state index contributed by atoms with van der Waals surface area (Å²) in [7, 11) is 1.53. The number of likely N-dealkylation sites (tertiary alicyclic amines) is 1. The normalized spacial score (nSPS) is 21.0. The summed E-state index contributed by atoms with van der Waals surface area (Å²) >= 11 is 0. The van der Waals surface area contributed by atoms with Crippen molar-refractivity contribution in [2.24, 2.45) is 0 Å². The van der Waals surface area contributed by atoms with Gasteiger partial charge in [-0.05, 0) is 23.8 Å². The topological polar surface area (TPSA) is 79.3 Å². The van der Waals surface area contributed by atoms with Crippen LogP contribution in [0.1, 0.15) is 28.8 Å². The minimum atomic E-state index is -1.05. The van der Waals surface area contributed by atoms with E-state index in [1.807, 2.05) is 18.2 Å². The van der Waals surface area contributed by atoms with E-state index < -0.39 is 17.7 Å². The molecule has 1 atom stereocenters. The highest BCUT2D eigenvalue weighted by atomic mass is 16.5. The molecule has 2 heterocycles. The van der Waals surface area contributed by atoms with E-state index in [0.717, 1.165) is 19.6 Å². The lowest BCUT2D eigenvalue weighted by Crippen LogP contribution is -2.58. The summed E-state index contributed by atoms with van der Waals surface area (Å²) in [5.41, 5.74) is 0.738. The first kappa shape index (κ1) is 20.4. The van der Waals surface area contributed by atoms with Crippen molar-refractivity contribution in [1.29, 1.82) is 0 Å². The Morgan fingerprint density at radius 3 is 2.53 bits per heavy atom. The fourth-order valence-corrected chi connectivity index (χ4v) is 4.35. The van der Waals surface area contributed by atoms with E-state index in [2.05, 4.69) is 17.0 Å². The molecule has 1 amide bonds. The Morgan fingerprint density at radius 2 is 1.87 bits per heavy atom. The van der Waals surface area contributed by atoms with E-state index in [1.165, 1.54) is 17.6 Å². The van der Waals surface area contributed by atoms with E-state index in [9.17, 15) is 14.7 Å². The van der Waals surface area contributed by atoms with Crippen LogP contribution >= 0.6 is 0 Å². The molecule has 4 rings (SSSR count). The van der Waals surface area contributed by atoms with Gasteiger partial charge in [-0.2, -0.15) is 0 Å². The maximum absolute atomic E-state index is 13.4. The van der Waals surface area contributed by atoms with Gasteiger partial charge >= 0.3 is 5.97 Å². The number of hydrogen-bond donors (Lipinski definition) is 1. The van der Waals surface area contributed by atoms with Crippen molar-refractivity contribution in [1.82, 2.24) is 9.80 Å². The fraction of sp³-hybridized carbons (Fsp3) is 0.391. The Morgan fingerprint density at radius 1 is 1.13 bits per heavy atom. The molecular weight excluding hydrogens is 384 g/mol. The van der Waals surface area contributed by atoms with Crippen LogP contribution in [0.25, 0.3) is 0 Å². The van der Waals surface area contributed by atoms with Crippen LogP contribution in [0.3, 0.4) is 0 Å². The number of ether oxygens (including phenoxy) is 2. The second kappa shape index (κ2) is 8.45. The van der Waals surface area contributed by atoms with Crippen molar-refractivity contribution in [3.63, 3.8) is 0 Å². The predicted molar refractivity (Wildman–Crippen MR) is 110 cm³/mol. The Bertz CT molecular complexity index is 909. The smallest absolute Gasteiger partial charge is 0.328 e. The number of piperidine rings is 1. The quantitative estimate of drug-likeness (QED) is 0.816. The number of carboxylic acids is 1. The Balaban J connectivity index is 1.54. The Kier molecular flexibility index (Phi) is 5.74. The third-order valence-corrected chi connectivity index (χ3v) is 5.97. The van der Waals surface area contributed by atoms with Crippen LogP contribution in [-0.4, -0.2) is 65.4 Å². The average molecular weight is 410 g/mol. The SMILES string of the molecule is COc1cccc(C(=O)N2[C@H](C(=O)O)COC23CCN(Cc2ccccc2)CC3)c1. The molecule has 2 saturated heterocycles. The lowest BCUT2D eigenvalue weighted by molar-refractivity contribution is -0.144. The number of amides is 1.